The number of nitrogens with one attached hydrogen (secondary N) is 1. The van der Waals surface area contributed by atoms with Crippen LogP contribution in [0.2, 0.25) is 0 Å². The van der Waals surface area contributed by atoms with Crippen LogP contribution in [0.25, 0.3) is 0 Å². The molecule has 1 aromatic rings. The first kappa shape index (κ1) is 12.1. The molecule has 1 aliphatic carbocycles. The number of benzene rings is 1. The Balaban J connectivity index is 2.10. The zero-order valence-electron chi connectivity index (χ0n) is 9.69. The van der Waals surface area contributed by atoms with Crippen LogP contribution in [0.15, 0.2) is 22.7 Å². The zero-order valence-corrected chi connectivity index (χ0v) is 11.3. The molecule has 1 aromatic carbocycles. The molecule has 1 saturated carbocycles. The summed E-state index contributed by atoms with van der Waals surface area (Å²) in [5.41, 5.74) is 1.62. The Kier molecular flexibility index (Phi) is 3.36. The summed E-state index contributed by atoms with van der Waals surface area (Å²) in [6.07, 6.45) is 3.55. The number of halogens is 2. The molecule has 0 aliphatic heterocycles. The second kappa shape index (κ2) is 4.46. The molecule has 0 saturated heterocycles. The van der Waals surface area contributed by atoms with E-state index in [2.05, 4.69) is 28.2 Å². The van der Waals surface area contributed by atoms with Crippen molar-refractivity contribution in [1.82, 2.24) is 5.32 Å². The lowest BCUT2D eigenvalue weighted by molar-refractivity contribution is 0.376. The SMILES string of the molecule is CNC(Cc1ccc(F)c(Br)c1)C1(C)CC1. The Morgan fingerprint density at radius 1 is 1.50 bits per heavy atom. The molecule has 0 aromatic heterocycles. The van der Waals surface area contributed by atoms with E-state index < -0.39 is 0 Å². The van der Waals surface area contributed by atoms with Crippen molar-refractivity contribution in [2.24, 2.45) is 5.41 Å². The van der Waals surface area contributed by atoms with E-state index in [0.29, 0.717) is 15.9 Å². The monoisotopic (exact) mass is 285 g/mol. The molecule has 3 heteroatoms. The Bertz CT molecular complexity index is 388. The third kappa shape index (κ3) is 2.46. The third-order valence-electron chi connectivity index (χ3n) is 3.65. The number of hydrogen-bond acceptors (Lipinski definition) is 1. The standard InChI is InChI=1S/C13H17BrFN/c1-13(5-6-13)12(16-2)8-9-3-4-11(15)10(14)7-9/h3-4,7,12,16H,5-6,8H2,1-2H3. The van der Waals surface area contributed by atoms with Crippen molar-refractivity contribution in [1.29, 1.82) is 0 Å². The Morgan fingerprint density at radius 2 is 2.19 bits per heavy atom. The quantitative estimate of drug-likeness (QED) is 0.893. The van der Waals surface area contributed by atoms with Gasteiger partial charge in [0.2, 0.25) is 0 Å². The molecule has 88 valence electrons. The maximum atomic E-state index is 13.1. The molecule has 0 amide bonds. The van der Waals surface area contributed by atoms with Gasteiger partial charge in [-0.2, -0.15) is 0 Å². The molecule has 1 nitrogen and oxygen atoms in total. The van der Waals surface area contributed by atoms with Crippen molar-refractivity contribution >= 4 is 15.9 Å². The second-order valence-electron chi connectivity index (χ2n) is 4.95. The first-order valence-corrected chi connectivity index (χ1v) is 6.46. The van der Waals surface area contributed by atoms with Crippen LogP contribution in [0.4, 0.5) is 4.39 Å². The molecular formula is C13H17BrFN. The fourth-order valence-corrected chi connectivity index (χ4v) is 2.57. The van der Waals surface area contributed by atoms with Gasteiger partial charge in [-0.1, -0.05) is 13.0 Å². The van der Waals surface area contributed by atoms with Crippen LogP contribution >= 0.6 is 15.9 Å². The van der Waals surface area contributed by atoms with Gasteiger partial charge in [-0.05, 0) is 65.4 Å². The molecule has 1 N–H and O–H groups in total. The lowest BCUT2D eigenvalue weighted by Gasteiger charge is -2.23. The Hall–Kier alpha value is -0.410. The minimum Gasteiger partial charge on any atom is -0.316 e. The average Bonchev–Trinajstić information content (AvgIpc) is 2.99. The van der Waals surface area contributed by atoms with E-state index in [1.807, 2.05) is 19.2 Å². The first-order valence-electron chi connectivity index (χ1n) is 5.66. The Morgan fingerprint density at radius 3 is 2.69 bits per heavy atom. The van der Waals surface area contributed by atoms with Crippen molar-refractivity contribution < 1.29 is 4.39 Å². The average molecular weight is 286 g/mol. The van der Waals surface area contributed by atoms with Crippen LogP contribution in [-0.2, 0) is 6.42 Å². The van der Waals surface area contributed by atoms with Crippen molar-refractivity contribution in [3.63, 3.8) is 0 Å². The molecular weight excluding hydrogens is 269 g/mol. The lowest BCUT2D eigenvalue weighted by atomic mass is 9.92. The third-order valence-corrected chi connectivity index (χ3v) is 4.26. The second-order valence-corrected chi connectivity index (χ2v) is 5.80. The highest BCUT2D eigenvalue weighted by molar-refractivity contribution is 9.10. The lowest BCUT2D eigenvalue weighted by Crippen LogP contribution is -2.35. The van der Waals surface area contributed by atoms with E-state index >= 15 is 0 Å². The maximum absolute atomic E-state index is 13.1. The minimum atomic E-state index is -0.192. The molecule has 0 radical (unpaired) electrons. The molecule has 1 atom stereocenters. The molecule has 0 spiro atoms. The number of hydrogen-bond donors (Lipinski definition) is 1. The van der Waals surface area contributed by atoms with Gasteiger partial charge in [0, 0.05) is 6.04 Å². The van der Waals surface area contributed by atoms with Crippen LogP contribution in [0.3, 0.4) is 0 Å². The first-order chi connectivity index (χ1) is 7.55. The highest BCUT2D eigenvalue weighted by Crippen LogP contribution is 2.48. The van der Waals surface area contributed by atoms with E-state index in [9.17, 15) is 4.39 Å². The number of likely N-dealkylation sites (N-methyl/N-ethyl adjacent to an activating group) is 1. The fourth-order valence-electron chi connectivity index (χ4n) is 2.14. The summed E-state index contributed by atoms with van der Waals surface area (Å²) in [6.45, 7) is 2.31. The summed E-state index contributed by atoms with van der Waals surface area (Å²) in [7, 11) is 2.01. The van der Waals surface area contributed by atoms with Crippen LogP contribution in [0.5, 0.6) is 0 Å². The smallest absolute Gasteiger partial charge is 0.137 e. The van der Waals surface area contributed by atoms with Gasteiger partial charge in [0.15, 0.2) is 0 Å². The van der Waals surface area contributed by atoms with Crippen molar-refractivity contribution in [3.8, 4) is 0 Å². The van der Waals surface area contributed by atoms with Crippen LogP contribution in [-0.4, -0.2) is 13.1 Å². The normalized spacial score (nSPS) is 19.5. The van der Waals surface area contributed by atoms with Gasteiger partial charge in [-0.25, -0.2) is 4.39 Å². The molecule has 0 bridgehead atoms. The summed E-state index contributed by atoms with van der Waals surface area (Å²) >= 11 is 3.23. The molecule has 1 aliphatic rings. The van der Waals surface area contributed by atoms with E-state index in [-0.39, 0.29) is 5.82 Å². The highest BCUT2D eigenvalue weighted by Gasteiger charge is 2.43. The number of rotatable bonds is 4. The van der Waals surface area contributed by atoms with Gasteiger partial charge in [-0.3, -0.25) is 0 Å². The van der Waals surface area contributed by atoms with Gasteiger partial charge >= 0.3 is 0 Å². The fraction of sp³-hybridized carbons (Fsp3) is 0.538. The highest BCUT2D eigenvalue weighted by atomic mass is 79.9. The minimum absolute atomic E-state index is 0.192. The van der Waals surface area contributed by atoms with Crippen molar-refractivity contribution in [3.05, 3.63) is 34.1 Å². The summed E-state index contributed by atoms with van der Waals surface area (Å²) in [5, 5.41) is 3.38. The zero-order chi connectivity index (χ0) is 11.8. The van der Waals surface area contributed by atoms with E-state index in [1.54, 1.807) is 0 Å². The molecule has 0 heterocycles. The van der Waals surface area contributed by atoms with Gasteiger partial charge < -0.3 is 5.32 Å². The van der Waals surface area contributed by atoms with E-state index in [1.165, 1.54) is 24.5 Å². The van der Waals surface area contributed by atoms with E-state index in [0.717, 1.165) is 6.42 Å². The van der Waals surface area contributed by atoms with Crippen molar-refractivity contribution in [2.75, 3.05) is 7.05 Å². The predicted molar refractivity (Wildman–Crippen MR) is 68.0 cm³/mol. The summed E-state index contributed by atoms with van der Waals surface area (Å²) in [4.78, 5) is 0. The van der Waals surface area contributed by atoms with Crippen LogP contribution < -0.4 is 5.32 Å². The summed E-state index contributed by atoms with van der Waals surface area (Å²) in [5.74, 6) is -0.192. The Labute approximate surface area is 105 Å². The molecule has 1 unspecified atom stereocenters. The topological polar surface area (TPSA) is 12.0 Å². The molecule has 1 fully saturated rings. The predicted octanol–water partition coefficient (Wildman–Crippen LogP) is 3.52. The largest absolute Gasteiger partial charge is 0.316 e. The maximum Gasteiger partial charge on any atom is 0.137 e. The van der Waals surface area contributed by atoms with Crippen LogP contribution in [0.1, 0.15) is 25.3 Å². The summed E-state index contributed by atoms with van der Waals surface area (Å²) < 4.78 is 13.7. The van der Waals surface area contributed by atoms with Crippen molar-refractivity contribution in [2.45, 2.75) is 32.2 Å². The van der Waals surface area contributed by atoms with Gasteiger partial charge in [0.05, 0.1) is 4.47 Å². The van der Waals surface area contributed by atoms with Gasteiger partial charge in [0.25, 0.3) is 0 Å². The van der Waals surface area contributed by atoms with Gasteiger partial charge in [-0.15, -0.1) is 0 Å². The molecule has 16 heavy (non-hydrogen) atoms. The van der Waals surface area contributed by atoms with Crippen LogP contribution in [0, 0.1) is 11.2 Å². The van der Waals surface area contributed by atoms with E-state index in [4.69, 9.17) is 0 Å². The van der Waals surface area contributed by atoms with Gasteiger partial charge in [0.1, 0.15) is 5.82 Å². The summed E-state index contributed by atoms with van der Waals surface area (Å²) in [6, 6.07) is 5.77. The molecule has 2 rings (SSSR count).